The summed E-state index contributed by atoms with van der Waals surface area (Å²) in [5, 5.41) is 13.6. The van der Waals surface area contributed by atoms with Gasteiger partial charge in [0.1, 0.15) is 0 Å². The van der Waals surface area contributed by atoms with Crippen LogP contribution < -0.4 is 76.2 Å². The van der Waals surface area contributed by atoms with E-state index in [1.165, 1.54) is 132 Å². The van der Waals surface area contributed by atoms with Gasteiger partial charge in [-0.15, -0.1) is 0 Å². The molecule has 0 N–H and O–H groups in total. The first-order valence-electron chi connectivity index (χ1n) is 30.7. The van der Waals surface area contributed by atoms with Crippen LogP contribution in [0, 0.1) is 0 Å². The maximum absolute atomic E-state index is 2.64. The summed E-state index contributed by atoms with van der Waals surface area (Å²) in [5.41, 5.74) is 19.5. The molecule has 8 aromatic carbocycles. The average molecular weight is 1310 g/mol. The smallest absolute Gasteiger partial charge is 1.00 e. The molecule has 8 rings (SSSR count). The molecular weight excluding hydrogens is 1210 g/mol. The number of hydrogen-bond donors (Lipinski definition) is 0. The number of benzene rings is 8. The van der Waals surface area contributed by atoms with Gasteiger partial charge in [-0.3, -0.25) is 0 Å². The van der Waals surface area contributed by atoms with Crippen LogP contribution in [0.4, 0.5) is 22.7 Å². The predicted octanol–water partition coefficient (Wildman–Crippen LogP) is 12.4. The summed E-state index contributed by atoms with van der Waals surface area (Å²) in [6.45, 7) is 38.3. The molecule has 458 valence electrons. The van der Waals surface area contributed by atoms with Crippen LogP contribution in [0.2, 0.25) is 0 Å². The van der Waals surface area contributed by atoms with Crippen LogP contribution in [-0.2, 0) is 20.4 Å². The first-order valence-corrected chi connectivity index (χ1v) is 33.4. The van der Waals surface area contributed by atoms with Crippen molar-refractivity contribution in [1.82, 2.24) is 0 Å². The third-order valence-corrected chi connectivity index (χ3v) is 21.8. The van der Waals surface area contributed by atoms with Gasteiger partial charge in [-0.1, -0.05) is 184 Å². The van der Waals surface area contributed by atoms with Gasteiger partial charge in [0.2, 0.25) is 0 Å². The Bertz CT molecular complexity index is 3110. The Hall–Kier alpha value is -4.42. The Balaban J connectivity index is 0.00000440. The monoisotopic (exact) mass is 1310 g/mol. The van der Waals surface area contributed by atoms with Crippen molar-refractivity contribution in [3.63, 3.8) is 0 Å². The molecule has 0 radical (unpaired) electrons. The fraction of sp³-hybridized carbons (Fsp3) is 0.421. The third kappa shape index (κ3) is 14.2. The zero-order chi connectivity index (χ0) is 60.1. The van der Waals surface area contributed by atoms with E-state index in [1.807, 2.05) is 0 Å². The van der Waals surface area contributed by atoms with Crippen LogP contribution in [0.1, 0.15) is 203 Å². The van der Waals surface area contributed by atoms with E-state index in [0.29, 0.717) is 47.3 Å². The second-order valence-corrected chi connectivity index (χ2v) is 31.1. The summed E-state index contributed by atoms with van der Waals surface area (Å²) in [7, 11) is 15.5. The summed E-state index contributed by atoms with van der Waals surface area (Å²) >= 11 is 0. The van der Waals surface area contributed by atoms with Crippen molar-refractivity contribution in [3.8, 4) is 11.1 Å². The fourth-order valence-electron chi connectivity index (χ4n) is 13.0. The quantitative estimate of drug-likeness (QED) is 0.0591. The van der Waals surface area contributed by atoms with Gasteiger partial charge in [0.15, 0.2) is 0 Å². The van der Waals surface area contributed by atoms with Gasteiger partial charge < -0.3 is 44.4 Å². The van der Waals surface area contributed by atoms with Gasteiger partial charge in [-0.2, -0.15) is 0 Å². The summed E-state index contributed by atoms with van der Waals surface area (Å²) in [6, 6.07) is 49.8. The van der Waals surface area contributed by atoms with Crippen molar-refractivity contribution in [2.45, 2.75) is 158 Å². The molecule has 9 heteroatoms. The molecule has 0 aromatic heterocycles. The fourth-order valence-corrected chi connectivity index (χ4v) is 18.2. The largest absolute Gasteiger partial charge is 2.00 e. The number of halogens is 2. The zero-order valence-electron chi connectivity index (χ0n) is 55.9. The van der Waals surface area contributed by atoms with Gasteiger partial charge in [-0.05, 0) is 221 Å². The van der Waals surface area contributed by atoms with Gasteiger partial charge in [0.25, 0.3) is 0 Å². The minimum absolute atomic E-state index is 0. The molecule has 0 amide bonds. The van der Waals surface area contributed by atoms with Crippen LogP contribution in [0.3, 0.4) is 0 Å². The second kappa shape index (κ2) is 29.3. The molecule has 0 atom stereocenters. The van der Waals surface area contributed by atoms with Crippen molar-refractivity contribution < 1.29 is 45.2 Å². The molecule has 0 heterocycles. The molecule has 8 aromatic rings. The van der Waals surface area contributed by atoms with Gasteiger partial charge >= 0.3 is 20.4 Å². The predicted molar refractivity (Wildman–Crippen MR) is 374 cm³/mol. The standard InChI is InChI=1S/C76H100N4P2.2ClH.Pd/c1-45(2)61-37-55(38-62(46(3)4)73(61)77(17)18)81(56-39-63(47(5)6)74(78(19)20)64(40-56)48(7)8)69-35-33-53-29-25-27-31-59(53)71(69)72-60-32-28-26-30-54(60)34-36-70(72)82(57-41-65(49(9)10)75(79(21)22)66(42-57)50(11)12)58-43-67(51(13)14)76(80(23)24)68(44-58)52(15)16;;;/h25-52H,1-24H3;2*1H;/q;;;+2/p-2. The second-order valence-electron chi connectivity index (χ2n) is 26.7. The van der Waals surface area contributed by atoms with E-state index in [2.05, 4.69) is 308 Å². The number of rotatable bonds is 19. The maximum atomic E-state index is 2.64. The SMILES string of the molecule is CC(C)c1cc(P(c2cc(C(C)C)c(N(C)C)c(C(C)C)c2)c2ccc3ccccc3c2-c2c(P(c3cc(C(C)C)c(N(C)C)c(C(C)C)c3)c3cc(C(C)C)c(N(C)C)c(C(C)C)c3)ccc3ccccc23)cc(C(C)C)c1N(C)C.[Cl-].[Cl-].[Pd+2]. The molecule has 85 heavy (non-hydrogen) atoms. The Morgan fingerprint density at radius 3 is 0.635 bits per heavy atom. The van der Waals surface area contributed by atoms with E-state index < -0.39 is 15.8 Å². The summed E-state index contributed by atoms with van der Waals surface area (Å²) in [4.78, 5) is 9.51. The molecule has 0 aliphatic heterocycles. The van der Waals surface area contributed by atoms with Crippen molar-refractivity contribution in [2.24, 2.45) is 0 Å². The number of nitrogens with zero attached hydrogens (tertiary/aromatic N) is 4. The van der Waals surface area contributed by atoms with Crippen LogP contribution in [-0.4, -0.2) is 56.4 Å². The molecule has 4 nitrogen and oxygen atoms in total. The minimum Gasteiger partial charge on any atom is -1.00 e. The first kappa shape index (κ1) is 71.3. The molecule has 0 unspecified atom stereocenters. The van der Waals surface area contributed by atoms with Crippen LogP contribution >= 0.6 is 15.8 Å². The molecule has 0 saturated carbocycles. The van der Waals surface area contributed by atoms with E-state index in [1.54, 1.807) is 0 Å². The Labute approximate surface area is 544 Å². The first-order chi connectivity index (χ1) is 38.7. The molecule has 0 aliphatic carbocycles. The van der Waals surface area contributed by atoms with Crippen molar-refractivity contribution in [2.75, 3.05) is 76.0 Å². The maximum Gasteiger partial charge on any atom is 2.00 e. The van der Waals surface area contributed by atoms with E-state index >= 15 is 0 Å². The van der Waals surface area contributed by atoms with Crippen molar-refractivity contribution in [3.05, 3.63) is 166 Å². The molecule has 0 aliphatic rings. The van der Waals surface area contributed by atoms with Crippen LogP contribution in [0.5, 0.6) is 0 Å². The number of hydrogen-bond acceptors (Lipinski definition) is 4. The van der Waals surface area contributed by atoms with Crippen LogP contribution in [0.25, 0.3) is 32.7 Å². The Kier molecular flexibility index (Phi) is 24.6. The minimum atomic E-state index is -1.21. The van der Waals surface area contributed by atoms with E-state index in [9.17, 15) is 0 Å². The number of fused-ring (bicyclic) bond motifs is 2. The van der Waals surface area contributed by atoms with E-state index in [4.69, 9.17) is 0 Å². The van der Waals surface area contributed by atoms with Gasteiger partial charge in [0, 0.05) is 79.1 Å². The van der Waals surface area contributed by atoms with E-state index in [0.717, 1.165) is 0 Å². The molecule has 0 fully saturated rings. The normalized spacial score (nSPS) is 11.8. The van der Waals surface area contributed by atoms with Crippen LogP contribution in [0.15, 0.2) is 121 Å². The molecule has 0 bridgehead atoms. The van der Waals surface area contributed by atoms with Crippen molar-refractivity contribution >= 4 is 92.0 Å². The Morgan fingerprint density at radius 1 is 0.271 bits per heavy atom. The Morgan fingerprint density at radius 2 is 0.459 bits per heavy atom. The number of anilines is 4. The zero-order valence-corrected chi connectivity index (χ0v) is 60.8. The molecular formula is C76H100Cl2N4P2Pd. The molecule has 0 spiro atoms. The summed E-state index contributed by atoms with van der Waals surface area (Å²) in [6.07, 6.45) is 0. The van der Waals surface area contributed by atoms with E-state index in [-0.39, 0.29) is 45.2 Å². The topological polar surface area (TPSA) is 13.0 Å². The van der Waals surface area contributed by atoms with Gasteiger partial charge in [-0.25, -0.2) is 0 Å². The van der Waals surface area contributed by atoms with Gasteiger partial charge in [0.05, 0.1) is 0 Å². The summed E-state index contributed by atoms with van der Waals surface area (Å²) < 4.78 is 0. The average Bonchev–Trinajstić information content (AvgIpc) is 2.42. The van der Waals surface area contributed by atoms with Crippen molar-refractivity contribution in [1.29, 1.82) is 0 Å². The summed E-state index contributed by atoms with van der Waals surface area (Å²) in [5.74, 6) is 2.56. The molecule has 0 saturated heterocycles. The third-order valence-electron chi connectivity index (χ3n) is 17.0.